The highest BCUT2D eigenvalue weighted by Crippen LogP contribution is 2.16. The van der Waals surface area contributed by atoms with Gasteiger partial charge in [0.15, 0.2) is 0 Å². The van der Waals surface area contributed by atoms with E-state index in [0.29, 0.717) is 13.1 Å². The summed E-state index contributed by atoms with van der Waals surface area (Å²) < 4.78 is 28.2. The maximum Gasteiger partial charge on any atom is 0.387 e. The smallest absolute Gasteiger partial charge is 0.387 e. The van der Waals surface area contributed by atoms with Gasteiger partial charge in [-0.25, -0.2) is 0 Å². The fourth-order valence-corrected chi connectivity index (χ4v) is 1.76. The number of nitrogens with zero attached hydrogens (tertiary/aromatic N) is 1. The number of hydrogen-bond acceptors (Lipinski definition) is 3. The van der Waals surface area contributed by atoms with Crippen molar-refractivity contribution < 1.29 is 18.6 Å². The lowest BCUT2D eigenvalue weighted by Gasteiger charge is -2.20. The second-order valence-corrected chi connectivity index (χ2v) is 4.02. The van der Waals surface area contributed by atoms with E-state index < -0.39 is 6.61 Å². The summed E-state index contributed by atoms with van der Waals surface area (Å²) >= 11 is 0. The minimum atomic E-state index is -2.79. The Hall–Kier alpha value is -1.20. The Morgan fingerprint density at radius 2 is 1.89 bits per heavy atom. The molecule has 1 aromatic carbocycles. The van der Waals surface area contributed by atoms with Crippen LogP contribution in [0.15, 0.2) is 24.3 Å². The molecule has 0 heterocycles. The van der Waals surface area contributed by atoms with E-state index in [0.717, 1.165) is 18.5 Å². The molecule has 1 aromatic rings. The van der Waals surface area contributed by atoms with E-state index in [1.54, 1.807) is 12.1 Å². The second kappa shape index (κ2) is 8.00. The van der Waals surface area contributed by atoms with Gasteiger partial charge in [-0.05, 0) is 30.7 Å². The molecule has 0 atom stereocenters. The van der Waals surface area contributed by atoms with Gasteiger partial charge in [0, 0.05) is 13.1 Å². The summed E-state index contributed by atoms with van der Waals surface area (Å²) in [5.74, 6) is 0.165. The van der Waals surface area contributed by atoms with Crippen LogP contribution in [0.1, 0.15) is 18.9 Å². The first-order valence-corrected chi connectivity index (χ1v) is 6.02. The molecule has 1 rings (SSSR count). The van der Waals surface area contributed by atoms with Crippen LogP contribution >= 0.6 is 0 Å². The van der Waals surface area contributed by atoms with Crippen molar-refractivity contribution in [3.63, 3.8) is 0 Å². The Morgan fingerprint density at radius 3 is 2.39 bits per heavy atom. The van der Waals surface area contributed by atoms with Crippen molar-refractivity contribution in [2.75, 3.05) is 19.7 Å². The maximum atomic E-state index is 12.0. The van der Waals surface area contributed by atoms with Crippen molar-refractivity contribution in [1.29, 1.82) is 0 Å². The fraction of sp³-hybridized carbons (Fsp3) is 0.538. The van der Waals surface area contributed by atoms with E-state index in [4.69, 9.17) is 5.11 Å². The third kappa shape index (κ3) is 5.42. The molecule has 1 N–H and O–H groups in total. The number of ether oxygens (including phenoxy) is 1. The van der Waals surface area contributed by atoms with Crippen LogP contribution in [-0.4, -0.2) is 36.3 Å². The molecule has 18 heavy (non-hydrogen) atoms. The molecule has 0 aliphatic rings. The van der Waals surface area contributed by atoms with Crippen LogP contribution in [0.25, 0.3) is 0 Å². The quantitative estimate of drug-likeness (QED) is 0.778. The van der Waals surface area contributed by atoms with Crippen molar-refractivity contribution in [2.24, 2.45) is 0 Å². The lowest BCUT2D eigenvalue weighted by atomic mass is 10.2. The van der Waals surface area contributed by atoms with E-state index in [2.05, 4.69) is 16.6 Å². The average molecular weight is 259 g/mol. The van der Waals surface area contributed by atoms with E-state index in [1.165, 1.54) is 12.1 Å². The molecule has 0 unspecified atom stereocenters. The number of aliphatic hydroxyl groups excluding tert-OH is 1. The number of aliphatic hydroxyl groups is 1. The molecule has 0 amide bonds. The molecule has 0 fully saturated rings. The highest BCUT2D eigenvalue weighted by molar-refractivity contribution is 5.27. The van der Waals surface area contributed by atoms with Crippen LogP contribution in [0, 0.1) is 0 Å². The maximum absolute atomic E-state index is 12.0. The highest BCUT2D eigenvalue weighted by Gasteiger charge is 2.06. The lowest BCUT2D eigenvalue weighted by Crippen LogP contribution is -2.27. The predicted octanol–water partition coefficient (Wildman–Crippen LogP) is 2.49. The number of alkyl halides is 2. The Balaban J connectivity index is 2.55. The number of rotatable bonds is 8. The van der Waals surface area contributed by atoms with Gasteiger partial charge in [-0.15, -0.1) is 0 Å². The molecule has 0 radical (unpaired) electrons. The summed E-state index contributed by atoms with van der Waals surface area (Å²) in [4.78, 5) is 2.11. The van der Waals surface area contributed by atoms with E-state index in [-0.39, 0.29) is 12.4 Å². The van der Waals surface area contributed by atoms with Crippen LogP contribution in [0.5, 0.6) is 5.75 Å². The van der Waals surface area contributed by atoms with Crippen LogP contribution in [0.3, 0.4) is 0 Å². The van der Waals surface area contributed by atoms with Gasteiger partial charge in [0.1, 0.15) is 5.75 Å². The van der Waals surface area contributed by atoms with Crippen molar-refractivity contribution in [2.45, 2.75) is 26.5 Å². The molecule has 3 nitrogen and oxygen atoms in total. The minimum Gasteiger partial charge on any atom is -0.435 e. The molecule has 102 valence electrons. The molecule has 0 aliphatic carbocycles. The van der Waals surface area contributed by atoms with Crippen LogP contribution in [0.4, 0.5) is 8.78 Å². The Kier molecular flexibility index (Phi) is 6.60. The third-order valence-electron chi connectivity index (χ3n) is 2.51. The number of benzene rings is 1. The van der Waals surface area contributed by atoms with Crippen molar-refractivity contribution in [1.82, 2.24) is 4.90 Å². The topological polar surface area (TPSA) is 32.7 Å². The number of hydrogen-bond donors (Lipinski definition) is 1. The first-order valence-electron chi connectivity index (χ1n) is 6.02. The van der Waals surface area contributed by atoms with Gasteiger partial charge in [0.05, 0.1) is 6.61 Å². The van der Waals surface area contributed by atoms with Crippen LogP contribution < -0.4 is 4.74 Å². The zero-order valence-corrected chi connectivity index (χ0v) is 10.5. The first-order chi connectivity index (χ1) is 8.65. The van der Waals surface area contributed by atoms with Gasteiger partial charge < -0.3 is 9.84 Å². The van der Waals surface area contributed by atoms with Gasteiger partial charge in [-0.2, -0.15) is 8.78 Å². The molecule has 0 spiro atoms. The summed E-state index contributed by atoms with van der Waals surface area (Å²) in [6.07, 6.45) is 1.01. The average Bonchev–Trinajstić information content (AvgIpc) is 2.31. The number of halogens is 2. The minimum absolute atomic E-state index is 0.118. The summed E-state index contributed by atoms with van der Waals surface area (Å²) in [6.45, 7) is 1.61. The molecular weight excluding hydrogens is 240 g/mol. The lowest BCUT2D eigenvalue weighted by molar-refractivity contribution is -0.0498. The van der Waals surface area contributed by atoms with Crippen LogP contribution in [-0.2, 0) is 6.54 Å². The SMILES string of the molecule is CCCN(CCO)Cc1ccc(OC(F)F)cc1. The Morgan fingerprint density at radius 1 is 1.22 bits per heavy atom. The van der Waals surface area contributed by atoms with E-state index in [9.17, 15) is 8.78 Å². The van der Waals surface area contributed by atoms with Gasteiger partial charge >= 0.3 is 6.61 Å². The molecule has 0 bridgehead atoms. The third-order valence-corrected chi connectivity index (χ3v) is 2.51. The van der Waals surface area contributed by atoms with Crippen molar-refractivity contribution in [3.8, 4) is 5.75 Å². The van der Waals surface area contributed by atoms with E-state index in [1.807, 2.05) is 0 Å². The van der Waals surface area contributed by atoms with Crippen molar-refractivity contribution >= 4 is 0 Å². The molecule has 0 saturated carbocycles. The summed E-state index contributed by atoms with van der Waals surface area (Å²) in [6, 6.07) is 6.59. The molecule has 5 heteroatoms. The van der Waals surface area contributed by atoms with Gasteiger partial charge in [0.25, 0.3) is 0 Å². The highest BCUT2D eigenvalue weighted by atomic mass is 19.3. The normalized spacial score (nSPS) is 11.2. The fourth-order valence-electron chi connectivity index (χ4n) is 1.76. The summed E-state index contributed by atoms with van der Waals surface area (Å²) in [5, 5.41) is 8.94. The molecule has 0 saturated heterocycles. The van der Waals surface area contributed by atoms with Gasteiger partial charge in [-0.3, -0.25) is 4.90 Å². The molecule has 0 aliphatic heterocycles. The van der Waals surface area contributed by atoms with E-state index >= 15 is 0 Å². The summed E-state index contributed by atoms with van der Waals surface area (Å²) in [7, 11) is 0. The largest absolute Gasteiger partial charge is 0.435 e. The second-order valence-electron chi connectivity index (χ2n) is 4.02. The first kappa shape index (κ1) is 14.9. The molecular formula is C13H19F2NO2. The molecule has 0 aromatic heterocycles. The summed E-state index contributed by atoms with van der Waals surface area (Å²) in [5.41, 5.74) is 1.01. The zero-order chi connectivity index (χ0) is 13.4. The predicted molar refractivity (Wildman–Crippen MR) is 65.7 cm³/mol. The standard InChI is InChI=1S/C13H19F2NO2/c1-2-7-16(8-9-17)10-11-3-5-12(6-4-11)18-13(14)15/h3-6,13,17H,2,7-10H2,1H3. The van der Waals surface area contributed by atoms with Crippen molar-refractivity contribution in [3.05, 3.63) is 29.8 Å². The monoisotopic (exact) mass is 259 g/mol. The Labute approximate surface area is 106 Å². The van der Waals surface area contributed by atoms with Gasteiger partial charge in [-0.1, -0.05) is 19.1 Å². The Bertz CT molecular complexity index is 324. The van der Waals surface area contributed by atoms with Gasteiger partial charge in [0.2, 0.25) is 0 Å². The zero-order valence-electron chi connectivity index (χ0n) is 10.5. The van der Waals surface area contributed by atoms with Crippen LogP contribution in [0.2, 0.25) is 0 Å².